The van der Waals surface area contributed by atoms with Gasteiger partial charge in [0, 0.05) is 30.4 Å². The van der Waals surface area contributed by atoms with Crippen LogP contribution in [-0.4, -0.2) is 44.4 Å². The molecule has 1 unspecified atom stereocenters. The molecule has 0 radical (unpaired) electrons. The van der Waals surface area contributed by atoms with Crippen molar-refractivity contribution in [3.05, 3.63) is 40.4 Å². The van der Waals surface area contributed by atoms with Crippen LogP contribution in [0.25, 0.3) is 22.2 Å². The number of amides is 1. The van der Waals surface area contributed by atoms with E-state index in [9.17, 15) is 4.79 Å². The number of aliphatic hydroxyl groups is 1. The zero-order chi connectivity index (χ0) is 24.1. The highest BCUT2D eigenvalue weighted by molar-refractivity contribution is 7.99. The lowest BCUT2D eigenvalue weighted by Crippen LogP contribution is -2.34. The summed E-state index contributed by atoms with van der Waals surface area (Å²) in [6.07, 6.45) is 2.41. The lowest BCUT2D eigenvalue weighted by Gasteiger charge is -2.20. The van der Waals surface area contributed by atoms with Crippen molar-refractivity contribution in [1.29, 1.82) is 0 Å². The Bertz CT molecular complexity index is 1190. The molecule has 3 aromatic rings. The summed E-state index contributed by atoms with van der Waals surface area (Å²) in [7, 11) is 0. The zero-order valence-electron chi connectivity index (χ0n) is 19.0. The third-order valence-electron chi connectivity index (χ3n) is 5.77. The van der Waals surface area contributed by atoms with Crippen molar-refractivity contribution in [2.75, 3.05) is 18.1 Å². The number of nitrogen functional groups attached to an aromatic ring is 1. The lowest BCUT2D eigenvalue weighted by molar-refractivity contribution is -0.121. The number of hydrogen-bond donors (Lipinski definition) is 3. The Balaban J connectivity index is 1.49. The summed E-state index contributed by atoms with van der Waals surface area (Å²) in [4.78, 5) is 25.4. The van der Waals surface area contributed by atoms with Gasteiger partial charge in [-0.25, -0.2) is 4.98 Å². The van der Waals surface area contributed by atoms with E-state index in [2.05, 4.69) is 26.3 Å². The number of thioether (sulfide) groups is 1. The minimum atomic E-state index is -0.0173. The van der Waals surface area contributed by atoms with Crippen LogP contribution in [0.4, 0.5) is 5.95 Å². The first-order chi connectivity index (χ1) is 16.5. The fourth-order valence-electron chi connectivity index (χ4n) is 4.12. The molecule has 1 aromatic heterocycles. The Kier molecular flexibility index (Phi) is 8.20. The van der Waals surface area contributed by atoms with Crippen LogP contribution in [0.15, 0.2) is 29.4 Å². The molecular weight excluding hydrogens is 474 g/mol. The molecule has 4 N–H and O–H groups in total. The van der Waals surface area contributed by atoms with Gasteiger partial charge >= 0.3 is 0 Å². The molecule has 180 valence electrons. The van der Waals surface area contributed by atoms with Gasteiger partial charge in [0.1, 0.15) is 0 Å². The standard InChI is InChI=1S/C24H28ClN5O3S/c1-2-16(8-9-31)27-19(32)7-4-10-34-24-29-22(28-23(26)30-24)21-17-6-3-5-14-12-33-13-15(20(14)17)11-18(21)25/h3,5-6,11,16,31H,2,4,7-10,12-13H2,1H3,(H,27,32)(H2,26,28,29,30). The maximum atomic E-state index is 12.2. The van der Waals surface area contributed by atoms with Crippen LogP contribution < -0.4 is 11.1 Å². The molecule has 8 nitrogen and oxygen atoms in total. The van der Waals surface area contributed by atoms with E-state index in [1.165, 1.54) is 11.8 Å². The molecular formula is C24H28ClN5O3S. The van der Waals surface area contributed by atoms with E-state index in [-0.39, 0.29) is 24.5 Å². The van der Waals surface area contributed by atoms with Gasteiger partial charge in [0.05, 0.1) is 18.2 Å². The van der Waals surface area contributed by atoms with Gasteiger partial charge < -0.3 is 20.9 Å². The second-order valence-electron chi connectivity index (χ2n) is 8.16. The highest BCUT2D eigenvalue weighted by atomic mass is 35.5. The van der Waals surface area contributed by atoms with Crippen molar-refractivity contribution in [1.82, 2.24) is 20.3 Å². The largest absolute Gasteiger partial charge is 0.396 e. The number of hydrogen-bond acceptors (Lipinski definition) is 8. The summed E-state index contributed by atoms with van der Waals surface area (Å²) in [6.45, 7) is 3.12. The van der Waals surface area contributed by atoms with Crippen molar-refractivity contribution in [3.63, 3.8) is 0 Å². The van der Waals surface area contributed by atoms with Crippen molar-refractivity contribution < 1.29 is 14.6 Å². The van der Waals surface area contributed by atoms with Crippen LogP contribution in [0, 0.1) is 0 Å². The topological polar surface area (TPSA) is 123 Å². The second kappa shape index (κ2) is 11.3. The normalized spacial score (nSPS) is 13.7. The number of benzene rings is 2. The molecule has 34 heavy (non-hydrogen) atoms. The number of aliphatic hydroxyl groups excluding tert-OH is 1. The summed E-state index contributed by atoms with van der Waals surface area (Å²) in [6, 6.07) is 7.96. The number of aromatic nitrogens is 3. The summed E-state index contributed by atoms with van der Waals surface area (Å²) >= 11 is 8.10. The van der Waals surface area contributed by atoms with Crippen molar-refractivity contribution in [2.24, 2.45) is 0 Å². The predicted molar refractivity (Wildman–Crippen MR) is 135 cm³/mol. The van der Waals surface area contributed by atoms with E-state index in [4.69, 9.17) is 27.2 Å². The van der Waals surface area contributed by atoms with Crippen LogP contribution in [0.2, 0.25) is 5.02 Å². The Morgan fingerprint density at radius 1 is 1.29 bits per heavy atom. The molecule has 2 heterocycles. The maximum Gasteiger partial charge on any atom is 0.224 e. The molecule has 0 saturated heterocycles. The molecule has 10 heteroatoms. The predicted octanol–water partition coefficient (Wildman–Crippen LogP) is 4.11. The quantitative estimate of drug-likeness (QED) is 0.280. The van der Waals surface area contributed by atoms with E-state index in [0.717, 1.165) is 33.9 Å². The third kappa shape index (κ3) is 5.60. The second-order valence-corrected chi connectivity index (χ2v) is 9.63. The molecule has 1 aliphatic rings. The molecule has 1 amide bonds. The molecule has 0 spiro atoms. The average Bonchev–Trinajstić information content (AvgIpc) is 2.81. The Hall–Kier alpha value is -2.46. The highest BCUT2D eigenvalue weighted by Gasteiger charge is 2.21. The van der Waals surface area contributed by atoms with E-state index < -0.39 is 0 Å². The van der Waals surface area contributed by atoms with Crippen LogP contribution >= 0.6 is 23.4 Å². The van der Waals surface area contributed by atoms with Crippen LogP contribution in [0.5, 0.6) is 0 Å². The van der Waals surface area contributed by atoms with Gasteiger partial charge in [-0.1, -0.05) is 48.5 Å². The first-order valence-electron chi connectivity index (χ1n) is 11.4. The Morgan fingerprint density at radius 2 is 2.12 bits per heavy atom. The molecule has 0 aliphatic carbocycles. The van der Waals surface area contributed by atoms with Gasteiger partial charge in [-0.2, -0.15) is 9.97 Å². The lowest BCUT2D eigenvalue weighted by atomic mass is 9.94. The number of ether oxygens (including phenoxy) is 1. The molecule has 0 fully saturated rings. The number of nitrogens with two attached hydrogens (primary N) is 1. The van der Waals surface area contributed by atoms with Gasteiger partial charge in [0.25, 0.3) is 0 Å². The smallest absolute Gasteiger partial charge is 0.224 e. The molecule has 1 aliphatic heterocycles. The monoisotopic (exact) mass is 501 g/mol. The van der Waals surface area contributed by atoms with Crippen molar-refractivity contribution >= 4 is 46.0 Å². The molecule has 1 atom stereocenters. The number of halogens is 1. The van der Waals surface area contributed by atoms with Crippen LogP contribution in [0.1, 0.15) is 43.7 Å². The van der Waals surface area contributed by atoms with Crippen LogP contribution in [-0.2, 0) is 22.7 Å². The summed E-state index contributed by atoms with van der Waals surface area (Å²) in [5.41, 5.74) is 8.90. The fraction of sp³-hybridized carbons (Fsp3) is 0.417. The third-order valence-corrected chi connectivity index (χ3v) is 7.00. The summed E-state index contributed by atoms with van der Waals surface area (Å²) in [5.74, 6) is 1.20. The van der Waals surface area contributed by atoms with Crippen molar-refractivity contribution in [3.8, 4) is 11.4 Å². The van der Waals surface area contributed by atoms with Gasteiger partial charge in [0.2, 0.25) is 11.9 Å². The molecule has 0 bridgehead atoms. The fourth-order valence-corrected chi connectivity index (χ4v) is 5.22. The first-order valence-corrected chi connectivity index (χ1v) is 12.7. The average molecular weight is 502 g/mol. The minimum Gasteiger partial charge on any atom is -0.396 e. The van der Waals surface area contributed by atoms with Gasteiger partial charge in [0.15, 0.2) is 11.0 Å². The van der Waals surface area contributed by atoms with Crippen LogP contribution in [0.3, 0.4) is 0 Å². The number of rotatable bonds is 10. The number of anilines is 1. The van der Waals surface area contributed by atoms with Gasteiger partial charge in [-0.15, -0.1) is 0 Å². The number of carbonyl (C=O) groups is 1. The molecule has 4 rings (SSSR count). The Morgan fingerprint density at radius 3 is 2.91 bits per heavy atom. The van der Waals surface area contributed by atoms with Gasteiger partial charge in [-0.3, -0.25) is 4.79 Å². The number of carbonyl (C=O) groups excluding carboxylic acids is 1. The maximum absolute atomic E-state index is 12.2. The van der Waals surface area contributed by atoms with Crippen molar-refractivity contribution in [2.45, 2.75) is 57.0 Å². The molecule has 0 saturated carbocycles. The van der Waals surface area contributed by atoms with E-state index >= 15 is 0 Å². The van der Waals surface area contributed by atoms with E-state index in [1.807, 2.05) is 25.1 Å². The van der Waals surface area contributed by atoms with Gasteiger partial charge in [-0.05, 0) is 47.2 Å². The first kappa shape index (κ1) is 24.7. The summed E-state index contributed by atoms with van der Waals surface area (Å²) < 4.78 is 5.67. The highest BCUT2D eigenvalue weighted by Crippen LogP contribution is 2.39. The number of nitrogens with zero attached hydrogens (tertiary/aromatic N) is 3. The van der Waals surface area contributed by atoms with E-state index in [0.29, 0.717) is 54.2 Å². The SMILES string of the molecule is CCC(CCO)NC(=O)CCCSc1nc(N)nc(-c2c(Cl)cc3c4c(cccc24)COC3)n1. The summed E-state index contributed by atoms with van der Waals surface area (Å²) in [5, 5.41) is 15.1. The zero-order valence-corrected chi connectivity index (χ0v) is 20.6. The molecule has 2 aromatic carbocycles. The minimum absolute atomic E-state index is 0.00872. The number of nitrogens with one attached hydrogen (secondary N) is 1. The Labute approximate surface area is 207 Å². The van der Waals surface area contributed by atoms with E-state index in [1.54, 1.807) is 0 Å².